The van der Waals surface area contributed by atoms with E-state index >= 15 is 0 Å². The second-order valence-corrected chi connectivity index (χ2v) is 7.97. The van der Waals surface area contributed by atoms with Gasteiger partial charge in [0.15, 0.2) is 5.13 Å². The van der Waals surface area contributed by atoms with Crippen LogP contribution in [0.2, 0.25) is 4.34 Å². The van der Waals surface area contributed by atoms with Gasteiger partial charge in [-0.1, -0.05) is 16.8 Å². The molecule has 5 nitrogen and oxygen atoms in total. The molecule has 0 bridgehead atoms. The highest BCUT2D eigenvalue weighted by atomic mass is 35.5. The van der Waals surface area contributed by atoms with Crippen molar-refractivity contribution in [2.45, 2.75) is 31.8 Å². The lowest BCUT2D eigenvalue weighted by atomic mass is 10.1. The van der Waals surface area contributed by atoms with E-state index in [1.807, 2.05) is 12.1 Å². The third-order valence-electron chi connectivity index (χ3n) is 3.64. The van der Waals surface area contributed by atoms with Crippen LogP contribution in [0.25, 0.3) is 0 Å². The molecular formula is C14H12ClN3O2S2. The fourth-order valence-corrected chi connectivity index (χ4v) is 4.65. The summed E-state index contributed by atoms with van der Waals surface area (Å²) < 4.78 is 0.697. The number of fused-ring (bicyclic) bond motifs is 1. The fraction of sp³-hybridized carbons (Fsp3) is 0.357. The SMILES string of the molecule is O=C(Nc1nc2c(s1)CCC2)[C@@H]1CC(c2ccc(Cl)s2)=NO1. The summed E-state index contributed by atoms with van der Waals surface area (Å²) in [5.41, 5.74) is 1.89. The van der Waals surface area contributed by atoms with Crippen molar-refractivity contribution < 1.29 is 9.63 Å². The number of anilines is 1. The molecule has 0 fully saturated rings. The number of hydrogen-bond donors (Lipinski definition) is 1. The van der Waals surface area contributed by atoms with E-state index in [9.17, 15) is 4.79 Å². The van der Waals surface area contributed by atoms with E-state index in [0.29, 0.717) is 15.9 Å². The molecule has 2 aliphatic rings. The molecule has 8 heteroatoms. The summed E-state index contributed by atoms with van der Waals surface area (Å²) in [6, 6.07) is 3.70. The van der Waals surface area contributed by atoms with Crippen molar-refractivity contribution >= 4 is 51.0 Å². The number of nitrogens with zero attached hydrogens (tertiary/aromatic N) is 2. The van der Waals surface area contributed by atoms with Gasteiger partial charge in [0.05, 0.1) is 14.9 Å². The van der Waals surface area contributed by atoms with Crippen molar-refractivity contribution in [3.8, 4) is 0 Å². The van der Waals surface area contributed by atoms with E-state index in [1.165, 1.54) is 16.2 Å². The molecule has 0 radical (unpaired) electrons. The van der Waals surface area contributed by atoms with Crippen LogP contribution in [-0.2, 0) is 22.5 Å². The minimum atomic E-state index is -0.602. The van der Waals surface area contributed by atoms with E-state index in [2.05, 4.69) is 15.5 Å². The number of carbonyl (C=O) groups is 1. The van der Waals surface area contributed by atoms with Crippen molar-refractivity contribution in [3.63, 3.8) is 0 Å². The number of aromatic nitrogens is 1. The Bertz CT molecular complexity index is 746. The van der Waals surface area contributed by atoms with Gasteiger partial charge in [-0.05, 0) is 31.4 Å². The summed E-state index contributed by atoms with van der Waals surface area (Å²) in [5.74, 6) is -0.200. The van der Waals surface area contributed by atoms with Gasteiger partial charge in [-0.25, -0.2) is 4.98 Å². The molecule has 114 valence electrons. The summed E-state index contributed by atoms with van der Waals surface area (Å²) in [4.78, 5) is 24.2. The number of halogens is 1. The molecule has 0 saturated carbocycles. The van der Waals surface area contributed by atoms with Crippen LogP contribution in [0.5, 0.6) is 0 Å². The van der Waals surface area contributed by atoms with Gasteiger partial charge in [-0.15, -0.1) is 22.7 Å². The molecule has 1 N–H and O–H groups in total. The Morgan fingerprint density at radius 1 is 1.36 bits per heavy atom. The Morgan fingerprint density at radius 2 is 2.27 bits per heavy atom. The van der Waals surface area contributed by atoms with Crippen molar-refractivity contribution in [2.24, 2.45) is 5.16 Å². The van der Waals surface area contributed by atoms with Gasteiger partial charge < -0.3 is 4.84 Å². The van der Waals surface area contributed by atoms with Crippen LogP contribution in [0, 0.1) is 0 Å². The van der Waals surface area contributed by atoms with Crippen LogP contribution in [0.15, 0.2) is 17.3 Å². The van der Waals surface area contributed by atoms with Gasteiger partial charge >= 0.3 is 0 Å². The predicted molar refractivity (Wildman–Crippen MR) is 88.1 cm³/mol. The number of oxime groups is 1. The molecule has 4 rings (SSSR count). The Labute approximate surface area is 140 Å². The monoisotopic (exact) mass is 353 g/mol. The maximum absolute atomic E-state index is 12.3. The molecule has 1 aliphatic heterocycles. The molecule has 0 spiro atoms. The second kappa shape index (κ2) is 5.64. The molecule has 2 aromatic rings. The first-order valence-electron chi connectivity index (χ1n) is 6.97. The lowest BCUT2D eigenvalue weighted by molar-refractivity contribution is -0.125. The lowest BCUT2D eigenvalue weighted by Gasteiger charge is -2.06. The maximum atomic E-state index is 12.3. The quantitative estimate of drug-likeness (QED) is 0.918. The van der Waals surface area contributed by atoms with Gasteiger partial charge in [0.2, 0.25) is 6.10 Å². The van der Waals surface area contributed by atoms with Crippen LogP contribution in [0.4, 0.5) is 5.13 Å². The molecule has 1 aliphatic carbocycles. The number of rotatable bonds is 3. The normalized spacial score (nSPS) is 19.7. The zero-order chi connectivity index (χ0) is 15.1. The Kier molecular flexibility index (Phi) is 3.63. The first-order valence-corrected chi connectivity index (χ1v) is 8.98. The highest BCUT2D eigenvalue weighted by Gasteiger charge is 2.30. The van der Waals surface area contributed by atoms with Crippen LogP contribution in [0.1, 0.15) is 28.3 Å². The number of carbonyl (C=O) groups excluding carboxylic acids is 1. The van der Waals surface area contributed by atoms with Gasteiger partial charge in [-0.2, -0.15) is 0 Å². The minimum Gasteiger partial charge on any atom is -0.382 e. The highest BCUT2D eigenvalue weighted by molar-refractivity contribution is 7.18. The van der Waals surface area contributed by atoms with Crippen molar-refractivity contribution in [3.05, 3.63) is 31.9 Å². The average molecular weight is 354 g/mol. The minimum absolute atomic E-state index is 0.200. The lowest BCUT2D eigenvalue weighted by Crippen LogP contribution is -2.27. The van der Waals surface area contributed by atoms with E-state index in [-0.39, 0.29) is 5.91 Å². The molecule has 22 heavy (non-hydrogen) atoms. The maximum Gasteiger partial charge on any atom is 0.270 e. The molecule has 0 saturated heterocycles. The summed E-state index contributed by atoms with van der Waals surface area (Å²) in [6.45, 7) is 0. The molecule has 3 heterocycles. The first kappa shape index (κ1) is 14.2. The van der Waals surface area contributed by atoms with Crippen molar-refractivity contribution in [1.29, 1.82) is 0 Å². The molecule has 1 amide bonds. The molecule has 0 unspecified atom stereocenters. The van der Waals surface area contributed by atoms with Gasteiger partial charge in [0.1, 0.15) is 5.71 Å². The third kappa shape index (κ3) is 2.64. The fourth-order valence-electron chi connectivity index (χ4n) is 2.56. The Balaban J connectivity index is 1.40. The number of amides is 1. The number of nitrogens with one attached hydrogen (secondary N) is 1. The van der Waals surface area contributed by atoms with Crippen LogP contribution >= 0.6 is 34.3 Å². The predicted octanol–water partition coefficient (Wildman–Crippen LogP) is 3.48. The first-order chi connectivity index (χ1) is 10.7. The zero-order valence-electron chi connectivity index (χ0n) is 11.5. The molecule has 2 aromatic heterocycles. The van der Waals surface area contributed by atoms with Gasteiger partial charge in [0.25, 0.3) is 5.91 Å². The van der Waals surface area contributed by atoms with Crippen LogP contribution < -0.4 is 5.32 Å². The highest BCUT2D eigenvalue weighted by Crippen LogP contribution is 2.31. The summed E-state index contributed by atoms with van der Waals surface area (Å²) in [5, 5.41) is 7.50. The van der Waals surface area contributed by atoms with E-state index in [0.717, 1.165) is 35.5 Å². The van der Waals surface area contributed by atoms with E-state index < -0.39 is 6.10 Å². The standard InChI is InChI=1S/C14H12ClN3O2S2/c15-12-5-4-11(21-12)8-6-9(20-18-8)13(19)17-14-16-7-2-1-3-10(7)22-14/h4-5,9H,1-3,6H2,(H,16,17,19)/t9-/m0/s1. The van der Waals surface area contributed by atoms with Gasteiger partial charge in [-0.3, -0.25) is 10.1 Å². The average Bonchev–Trinajstić information content (AvgIpc) is 3.19. The third-order valence-corrected chi connectivity index (χ3v) is 6.00. The summed E-state index contributed by atoms with van der Waals surface area (Å²) >= 11 is 8.91. The smallest absolute Gasteiger partial charge is 0.270 e. The van der Waals surface area contributed by atoms with E-state index in [1.54, 1.807) is 11.3 Å². The number of thiazole rings is 1. The number of thiophene rings is 1. The number of aryl methyl sites for hydroxylation is 2. The van der Waals surface area contributed by atoms with Crippen molar-refractivity contribution in [1.82, 2.24) is 4.98 Å². The number of hydrogen-bond acceptors (Lipinski definition) is 6. The Hall–Kier alpha value is -1.44. The second-order valence-electron chi connectivity index (χ2n) is 5.17. The largest absolute Gasteiger partial charge is 0.382 e. The topological polar surface area (TPSA) is 63.6 Å². The molecule has 1 atom stereocenters. The van der Waals surface area contributed by atoms with E-state index in [4.69, 9.17) is 16.4 Å². The molecule has 0 aromatic carbocycles. The Morgan fingerprint density at radius 3 is 3.05 bits per heavy atom. The van der Waals surface area contributed by atoms with Crippen molar-refractivity contribution in [2.75, 3.05) is 5.32 Å². The van der Waals surface area contributed by atoms with Crippen LogP contribution in [-0.4, -0.2) is 22.7 Å². The molecular weight excluding hydrogens is 342 g/mol. The zero-order valence-corrected chi connectivity index (χ0v) is 13.9. The van der Waals surface area contributed by atoms with Gasteiger partial charge in [0, 0.05) is 11.3 Å². The summed E-state index contributed by atoms with van der Waals surface area (Å²) in [6.07, 6.45) is 3.08. The summed E-state index contributed by atoms with van der Waals surface area (Å²) in [7, 11) is 0. The van der Waals surface area contributed by atoms with Crippen LogP contribution in [0.3, 0.4) is 0 Å².